The highest BCUT2D eigenvalue weighted by Crippen LogP contribution is 2.29. The van der Waals surface area contributed by atoms with Crippen LogP contribution in [0.4, 0.5) is 0 Å². The summed E-state index contributed by atoms with van der Waals surface area (Å²) in [6.07, 6.45) is 0. The zero-order valence-corrected chi connectivity index (χ0v) is 13.4. The predicted molar refractivity (Wildman–Crippen MR) is 83.1 cm³/mol. The molecule has 5 heteroatoms. The number of nitrogens with zero attached hydrogens (tertiary/aromatic N) is 2. The van der Waals surface area contributed by atoms with Gasteiger partial charge in [-0.1, -0.05) is 31.7 Å². The summed E-state index contributed by atoms with van der Waals surface area (Å²) < 4.78 is 0. The maximum atomic E-state index is 11.2. The molecular weight excluding hydrogens is 284 g/mol. The third kappa shape index (κ3) is 3.82. The highest BCUT2D eigenvalue weighted by molar-refractivity contribution is 7.99. The highest BCUT2D eigenvalue weighted by Gasteiger charge is 2.11. The van der Waals surface area contributed by atoms with Crippen LogP contribution < -0.4 is 0 Å². The van der Waals surface area contributed by atoms with Gasteiger partial charge in [-0.25, -0.2) is 14.8 Å². The number of hydrogen-bond donors (Lipinski definition) is 1. The minimum atomic E-state index is -0.906. The second-order valence-electron chi connectivity index (χ2n) is 5.24. The number of rotatable bonds is 4. The fraction of sp³-hybridized carbons (Fsp3) is 0.312. The summed E-state index contributed by atoms with van der Waals surface area (Å²) in [6.45, 7) is 7.84. The molecule has 2 aromatic rings. The largest absolute Gasteiger partial charge is 0.478 e. The molecule has 0 aliphatic rings. The van der Waals surface area contributed by atoms with Gasteiger partial charge in [-0.3, -0.25) is 0 Å². The molecule has 0 fully saturated rings. The van der Waals surface area contributed by atoms with E-state index in [9.17, 15) is 9.90 Å². The Bertz CT molecular complexity index is 684. The number of hydrogen-bond acceptors (Lipinski definition) is 4. The fourth-order valence-electron chi connectivity index (χ4n) is 1.89. The summed E-state index contributed by atoms with van der Waals surface area (Å²) in [7, 11) is 0. The van der Waals surface area contributed by atoms with Gasteiger partial charge in [0, 0.05) is 16.5 Å². The Hall–Kier alpha value is -1.88. The lowest BCUT2D eigenvalue weighted by atomic mass is 10.1. The van der Waals surface area contributed by atoms with Crippen molar-refractivity contribution in [3.8, 4) is 0 Å². The van der Waals surface area contributed by atoms with Crippen LogP contribution in [0, 0.1) is 13.8 Å². The van der Waals surface area contributed by atoms with Crippen LogP contribution in [0.15, 0.2) is 34.2 Å². The van der Waals surface area contributed by atoms with Gasteiger partial charge in [-0.05, 0) is 37.6 Å². The van der Waals surface area contributed by atoms with Crippen molar-refractivity contribution in [3.05, 3.63) is 46.9 Å². The molecule has 0 aliphatic heterocycles. The molecule has 0 atom stereocenters. The summed E-state index contributed by atoms with van der Waals surface area (Å²) in [5.74, 6) is 0.164. The lowest BCUT2D eigenvalue weighted by Gasteiger charge is -2.09. The van der Waals surface area contributed by atoms with Crippen LogP contribution in [0.3, 0.4) is 0 Å². The average Bonchev–Trinajstić information content (AvgIpc) is 2.40. The SMILES string of the molecule is Cc1cc(Sc2ccc(C)c(C(=O)O)c2)nc(C(C)C)n1. The van der Waals surface area contributed by atoms with E-state index in [1.807, 2.05) is 25.1 Å². The minimum absolute atomic E-state index is 0.261. The Balaban J connectivity index is 2.34. The highest BCUT2D eigenvalue weighted by atomic mass is 32.2. The van der Waals surface area contributed by atoms with Crippen LogP contribution >= 0.6 is 11.8 Å². The van der Waals surface area contributed by atoms with Crippen LogP contribution in [0.25, 0.3) is 0 Å². The molecule has 1 aromatic carbocycles. The van der Waals surface area contributed by atoms with Gasteiger partial charge in [0.05, 0.1) is 5.56 Å². The lowest BCUT2D eigenvalue weighted by Crippen LogP contribution is -2.01. The normalized spacial score (nSPS) is 10.9. The van der Waals surface area contributed by atoms with Gasteiger partial charge >= 0.3 is 5.97 Å². The van der Waals surface area contributed by atoms with Crippen molar-refractivity contribution < 1.29 is 9.90 Å². The standard InChI is InChI=1S/C16H18N2O2S/c1-9(2)15-17-11(4)7-14(18-15)21-12-6-5-10(3)13(8-12)16(19)20/h5-9H,1-4H3,(H,19,20). The van der Waals surface area contributed by atoms with Crippen molar-refractivity contribution in [3.63, 3.8) is 0 Å². The molecule has 0 unspecified atom stereocenters. The molecular formula is C16H18N2O2S. The van der Waals surface area contributed by atoms with E-state index < -0.39 is 5.97 Å². The third-order valence-corrected chi connectivity index (χ3v) is 3.93. The molecule has 0 aliphatic carbocycles. The van der Waals surface area contributed by atoms with E-state index in [1.54, 1.807) is 13.0 Å². The molecule has 0 saturated heterocycles. The second-order valence-corrected chi connectivity index (χ2v) is 6.34. The van der Waals surface area contributed by atoms with E-state index in [0.29, 0.717) is 5.56 Å². The van der Waals surface area contributed by atoms with Gasteiger partial charge in [0.15, 0.2) is 0 Å². The molecule has 110 valence electrons. The first-order chi connectivity index (χ1) is 9.86. The number of aromatic nitrogens is 2. The quantitative estimate of drug-likeness (QED) is 0.863. The third-order valence-electron chi connectivity index (χ3n) is 3.03. The summed E-state index contributed by atoms with van der Waals surface area (Å²) in [6, 6.07) is 7.34. The first-order valence-electron chi connectivity index (χ1n) is 6.74. The van der Waals surface area contributed by atoms with Gasteiger partial charge in [0.2, 0.25) is 0 Å². The van der Waals surface area contributed by atoms with Crippen molar-refractivity contribution in [1.82, 2.24) is 9.97 Å². The number of carbonyl (C=O) groups is 1. The Morgan fingerprint density at radius 2 is 1.90 bits per heavy atom. The van der Waals surface area contributed by atoms with Crippen molar-refractivity contribution in [2.24, 2.45) is 0 Å². The lowest BCUT2D eigenvalue weighted by molar-refractivity contribution is 0.0696. The molecule has 21 heavy (non-hydrogen) atoms. The maximum Gasteiger partial charge on any atom is 0.335 e. The summed E-state index contributed by atoms with van der Waals surface area (Å²) in [4.78, 5) is 21.0. The average molecular weight is 302 g/mol. The zero-order valence-electron chi connectivity index (χ0n) is 12.5. The number of aryl methyl sites for hydroxylation is 2. The maximum absolute atomic E-state index is 11.2. The fourth-order valence-corrected chi connectivity index (χ4v) is 2.81. The van der Waals surface area contributed by atoms with E-state index >= 15 is 0 Å². The smallest absolute Gasteiger partial charge is 0.335 e. The van der Waals surface area contributed by atoms with E-state index in [1.165, 1.54) is 11.8 Å². The van der Waals surface area contributed by atoms with Crippen LogP contribution in [0.2, 0.25) is 0 Å². The molecule has 0 radical (unpaired) electrons. The molecule has 2 rings (SSSR count). The van der Waals surface area contributed by atoms with E-state index in [-0.39, 0.29) is 5.92 Å². The van der Waals surface area contributed by atoms with Crippen LogP contribution in [-0.2, 0) is 0 Å². The Morgan fingerprint density at radius 1 is 1.19 bits per heavy atom. The summed E-state index contributed by atoms with van der Waals surface area (Å²) in [5, 5.41) is 10.0. The van der Waals surface area contributed by atoms with E-state index in [0.717, 1.165) is 27.0 Å². The zero-order chi connectivity index (χ0) is 15.6. The topological polar surface area (TPSA) is 63.1 Å². The molecule has 0 spiro atoms. The van der Waals surface area contributed by atoms with Crippen molar-refractivity contribution in [2.75, 3.05) is 0 Å². The summed E-state index contributed by atoms with van der Waals surface area (Å²) in [5.41, 5.74) is 2.00. The predicted octanol–water partition coefficient (Wildman–Crippen LogP) is 4.07. The van der Waals surface area contributed by atoms with Crippen molar-refractivity contribution in [1.29, 1.82) is 0 Å². The monoisotopic (exact) mass is 302 g/mol. The molecule has 0 amide bonds. The molecule has 1 aromatic heterocycles. The van der Waals surface area contributed by atoms with Crippen molar-refractivity contribution >= 4 is 17.7 Å². The summed E-state index contributed by atoms with van der Waals surface area (Å²) >= 11 is 1.46. The van der Waals surface area contributed by atoms with E-state index in [4.69, 9.17) is 0 Å². The molecule has 0 saturated carbocycles. The first-order valence-corrected chi connectivity index (χ1v) is 7.56. The van der Waals surface area contributed by atoms with Gasteiger partial charge in [-0.15, -0.1) is 0 Å². The van der Waals surface area contributed by atoms with Gasteiger partial charge in [-0.2, -0.15) is 0 Å². The van der Waals surface area contributed by atoms with E-state index in [2.05, 4.69) is 23.8 Å². The van der Waals surface area contributed by atoms with Crippen LogP contribution in [-0.4, -0.2) is 21.0 Å². The minimum Gasteiger partial charge on any atom is -0.478 e. The first kappa shape index (κ1) is 15.5. The molecule has 4 nitrogen and oxygen atoms in total. The Kier molecular flexibility index (Phi) is 4.63. The Labute approximate surface area is 128 Å². The van der Waals surface area contributed by atoms with Gasteiger partial charge in [0.25, 0.3) is 0 Å². The molecule has 1 heterocycles. The molecule has 1 N–H and O–H groups in total. The number of carboxylic acid groups (broad SMARTS) is 1. The van der Waals surface area contributed by atoms with Crippen molar-refractivity contribution in [2.45, 2.75) is 43.5 Å². The van der Waals surface area contributed by atoms with Gasteiger partial charge < -0.3 is 5.11 Å². The number of carboxylic acids is 1. The second kappa shape index (κ2) is 6.26. The van der Waals surface area contributed by atoms with Crippen LogP contribution in [0.5, 0.6) is 0 Å². The number of benzene rings is 1. The van der Waals surface area contributed by atoms with Crippen LogP contribution in [0.1, 0.15) is 47.2 Å². The Morgan fingerprint density at radius 3 is 2.52 bits per heavy atom. The molecule has 0 bridgehead atoms. The van der Waals surface area contributed by atoms with Gasteiger partial charge in [0.1, 0.15) is 10.9 Å². The number of aromatic carboxylic acids is 1.